The van der Waals surface area contributed by atoms with Gasteiger partial charge in [0, 0.05) is 22.3 Å². The molecule has 26 heavy (non-hydrogen) atoms. The van der Waals surface area contributed by atoms with Gasteiger partial charge in [-0.1, -0.05) is 35.9 Å². The average molecular weight is 368 g/mol. The molecule has 3 aromatic rings. The molecule has 2 heterocycles. The number of hydrogen-bond donors (Lipinski definition) is 3. The zero-order chi connectivity index (χ0) is 18.3. The van der Waals surface area contributed by atoms with E-state index in [2.05, 4.69) is 15.6 Å². The van der Waals surface area contributed by atoms with Gasteiger partial charge in [-0.25, -0.2) is 0 Å². The summed E-state index contributed by atoms with van der Waals surface area (Å²) in [5, 5.41) is 7.27. The number of nitrogens with one attached hydrogen (secondary N) is 3. The van der Waals surface area contributed by atoms with E-state index in [1.807, 2.05) is 37.3 Å². The maximum atomic E-state index is 12.7. The molecule has 1 aromatic heterocycles. The van der Waals surface area contributed by atoms with Crippen molar-refractivity contribution in [3.63, 3.8) is 0 Å². The summed E-state index contributed by atoms with van der Waals surface area (Å²) in [7, 11) is 0. The normalized spacial score (nSPS) is 19.5. The number of halogens is 1. The summed E-state index contributed by atoms with van der Waals surface area (Å²) < 4.78 is 0. The number of H-pyrrole nitrogens is 1. The van der Waals surface area contributed by atoms with Crippen LogP contribution in [0, 0.1) is 0 Å². The molecular weight excluding hydrogens is 350 g/mol. The maximum Gasteiger partial charge on any atom is 0.268 e. The van der Waals surface area contributed by atoms with E-state index in [0.717, 1.165) is 22.0 Å². The van der Waals surface area contributed by atoms with Crippen LogP contribution in [0.2, 0.25) is 5.02 Å². The molecule has 0 saturated carbocycles. The highest BCUT2D eigenvalue weighted by molar-refractivity contribution is 6.31. The molecule has 0 spiro atoms. The molecule has 2 atom stereocenters. The van der Waals surface area contributed by atoms with Crippen molar-refractivity contribution in [2.75, 3.05) is 0 Å². The van der Waals surface area contributed by atoms with Gasteiger partial charge in [0.1, 0.15) is 11.7 Å². The molecule has 2 aromatic carbocycles. The fraction of sp³-hybridized carbons (Fsp3) is 0.200. The second kappa shape index (κ2) is 6.50. The van der Waals surface area contributed by atoms with Crippen LogP contribution in [0.4, 0.5) is 0 Å². The molecule has 132 valence electrons. The lowest BCUT2D eigenvalue weighted by Gasteiger charge is -2.16. The molecular formula is C20H18ClN3O2. The molecule has 4 rings (SSSR count). The summed E-state index contributed by atoms with van der Waals surface area (Å²) in [6, 6.07) is 14.3. The van der Waals surface area contributed by atoms with Gasteiger partial charge in [-0.2, -0.15) is 0 Å². The van der Waals surface area contributed by atoms with Gasteiger partial charge in [-0.15, -0.1) is 0 Å². The first-order valence-electron chi connectivity index (χ1n) is 8.48. The van der Waals surface area contributed by atoms with Crippen molar-refractivity contribution in [3.05, 3.63) is 70.4 Å². The molecule has 0 radical (unpaired) electrons. The highest BCUT2D eigenvalue weighted by Gasteiger charge is 2.28. The second-order valence-electron chi connectivity index (χ2n) is 6.57. The largest absolute Gasteiger partial charge is 0.351 e. The molecule has 3 N–H and O–H groups in total. The number of amides is 2. The lowest BCUT2D eigenvalue weighted by Crippen LogP contribution is -2.47. The van der Waals surface area contributed by atoms with E-state index >= 15 is 0 Å². The summed E-state index contributed by atoms with van der Waals surface area (Å²) >= 11 is 5.99. The van der Waals surface area contributed by atoms with Crippen LogP contribution in [0.15, 0.2) is 48.5 Å². The van der Waals surface area contributed by atoms with E-state index < -0.39 is 6.04 Å². The van der Waals surface area contributed by atoms with Crippen molar-refractivity contribution < 1.29 is 9.59 Å². The highest BCUT2D eigenvalue weighted by atomic mass is 35.5. The molecule has 1 aliphatic heterocycles. The van der Waals surface area contributed by atoms with Crippen LogP contribution in [0.1, 0.15) is 34.6 Å². The van der Waals surface area contributed by atoms with Crippen LogP contribution in [0.5, 0.6) is 0 Å². The maximum absolute atomic E-state index is 12.7. The zero-order valence-corrected chi connectivity index (χ0v) is 14.9. The molecule has 0 aliphatic carbocycles. The minimum Gasteiger partial charge on any atom is -0.351 e. The number of aromatic amines is 1. The van der Waals surface area contributed by atoms with Gasteiger partial charge < -0.3 is 15.6 Å². The summed E-state index contributed by atoms with van der Waals surface area (Å²) in [5.74, 6) is -0.495. The molecule has 1 aliphatic rings. The average Bonchev–Trinajstić information content (AvgIpc) is 2.99. The van der Waals surface area contributed by atoms with Crippen molar-refractivity contribution in [1.29, 1.82) is 0 Å². The number of carbonyl (C=O) groups excluding carboxylic acids is 2. The number of rotatable bonds is 2. The first kappa shape index (κ1) is 16.7. The van der Waals surface area contributed by atoms with Crippen LogP contribution < -0.4 is 10.6 Å². The van der Waals surface area contributed by atoms with E-state index in [1.165, 1.54) is 0 Å². The van der Waals surface area contributed by atoms with Gasteiger partial charge in [0.2, 0.25) is 5.91 Å². The van der Waals surface area contributed by atoms with Gasteiger partial charge in [-0.05, 0) is 42.3 Å². The second-order valence-corrected chi connectivity index (χ2v) is 7.01. The Morgan fingerprint density at radius 2 is 2.00 bits per heavy atom. The van der Waals surface area contributed by atoms with Crippen molar-refractivity contribution in [3.8, 4) is 0 Å². The van der Waals surface area contributed by atoms with Crippen molar-refractivity contribution in [1.82, 2.24) is 15.6 Å². The molecule has 0 bridgehead atoms. The topological polar surface area (TPSA) is 74.0 Å². The Hall–Kier alpha value is -2.79. The van der Waals surface area contributed by atoms with Crippen molar-refractivity contribution in [2.24, 2.45) is 0 Å². The van der Waals surface area contributed by atoms with Crippen molar-refractivity contribution >= 4 is 34.3 Å². The summed E-state index contributed by atoms with van der Waals surface area (Å²) in [4.78, 5) is 28.3. The summed E-state index contributed by atoms with van der Waals surface area (Å²) in [5.41, 5.74) is 3.37. The third-order valence-corrected chi connectivity index (χ3v) is 4.99. The number of benzene rings is 2. The fourth-order valence-electron chi connectivity index (χ4n) is 3.43. The van der Waals surface area contributed by atoms with E-state index in [4.69, 9.17) is 11.6 Å². The minimum absolute atomic E-state index is 0.0872. The van der Waals surface area contributed by atoms with Crippen LogP contribution >= 0.6 is 11.6 Å². The molecule has 0 saturated heterocycles. The monoisotopic (exact) mass is 367 g/mol. The molecule has 2 amide bonds. The van der Waals surface area contributed by atoms with Crippen LogP contribution in [-0.4, -0.2) is 22.8 Å². The van der Waals surface area contributed by atoms with E-state index in [1.54, 1.807) is 18.2 Å². The third kappa shape index (κ3) is 3.06. The van der Waals surface area contributed by atoms with E-state index in [-0.39, 0.29) is 17.9 Å². The Balaban J connectivity index is 1.59. The van der Waals surface area contributed by atoms with Crippen LogP contribution in [0.25, 0.3) is 10.9 Å². The Morgan fingerprint density at radius 1 is 1.19 bits per heavy atom. The lowest BCUT2D eigenvalue weighted by atomic mass is 9.98. The van der Waals surface area contributed by atoms with Gasteiger partial charge in [0.05, 0.1) is 6.04 Å². The number of carbonyl (C=O) groups is 2. The zero-order valence-electron chi connectivity index (χ0n) is 14.2. The van der Waals surface area contributed by atoms with Crippen molar-refractivity contribution in [2.45, 2.75) is 25.4 Å². The molecule has 0 fully saturated rings. The predicted octanol–water partition coefficient (Wildman–Crippen LogP) is 3.35. The molecule has 6 heteroatoms. The lowest BCUT2D eigenvalue weighted by molar-refractivity contribution is -0.123. The summed E-state index contributed by atoms with van der Waals surface area (Å²) in [6.45, 7) is 1.95. The number of hydrogen-bond acceptors (Lipinski definition) is 2. The summed E-state index contributed by atoms with van der Waals surface area (Å²) in [6.07, 6.45) is 0.462. The number of fused-ring (bicyclic) bond motifs is 2. The van der Waals surface area contributed by atoms with Gasteiger partial charge in [0.15, 0.2) is 0 Å². The third-order valence-electron chi connectivity index (χ3n) is 4.75. The van der Waals surface area contributed by atoms with Crippen LogP contribution in [0.3, 0.4) is 0 Å². The van der Waals surface area contributed by atoms with Gasteiger partial charge in [-0.3, -0.25) is 9.59 Å². The first-order valence-corrected chi connectivity index (χ1v) is 8.86. The molecule has 0 unspecified atom stereocenters. The Kier molecular flexibility index (Phi) is 4.17. The first-order chi connectivity index (χ1) is 12.5. The van der Waals surface area contributed by atoms with Gasteiger partial charge >= 0.3 is 0 Å². The highest BCUT2D eigenvalue weighted by Crippen LogP contribution is 2.23. The van der Waals surface area contributed by atoms with Gasteiger partial charge in [0.25, 0.3) is 5.91 Å². The van der Waals surface area contributed by atoms with E-state index in [0.29, 0.717) is 17.1 Å². The Morgan fingerprint density at radius 3 is 2.85 bits per heavy atom. The Labute approximate surface area is 155 Å². The Bertz CT molecular complexity index is 1010. The predicted molar refractivity (Wildman–Crippen MR) is 101 cm³/mol. The standard InChI is InChI=1S/C20H18ClN3O2/c1-11-15-5-3-2-4-12(15)9-18(19(25)22-11)24-20(26)17-10-13-8-14(21)6-7-16(13)23-17/h2-8,10-11,18,23H,9H2,1H3,(H,22,25)(H,24,26)/t11-,18-/m1/s1. The minimum atomic E-state index is -0.622. The van der Waals surface area contributed by atoms with E-state index in [9.17, 15) is 9.59 Å². The van der Waals surface area contributed by atoms with Crippen LogP contribution in [-0.2, 0) is 11.2 Å². The number of aromatic nitrogens is 1. The quantitative estimate of drug-likeness (QED) is 0.649. The molecule has 5 nitrogen and oxygen atoms in total. The smallest absolute Gasteiger partial charge is 0.268 e. The fourth-order valence-corrected chi connectivity index (χ4v) is 3.61. The SMILES string of the molecule is C[C@H]1NC(=O)[C@H](NC(=O)c2cc3cc(Cl)ccc3[nH]2)Cc2ccccc21.